The van der Waals surface area contributed by atoms with Crippen LogP contribution >= 0.6 is 0 Å². The second kappa shape index (κ2) is 7.90. The van der Waals surface area contributed by atoms with Gasteiger partial charge >= 0.3 is 5.97 Å². The predicted molar refractivity (Wildman–Crippen MR) is 101 cm³/mol. The van der Waals surface area contributed by atoms with E-state index in [-0.39, 0.29) is 24.5 Å². The molecule has 0 radical (unpaired) electrons. The monoisotopic (exact) mass is 371 g/mol. The number of aryl methyl sites for hydroxylation is 1. The minimum Gasteiger partial charge on any atom is -0.455 e. The number of likely N-dealkylation sites (tertiary alicyclic amines) is 1. The summed E-state index contributed by atoms with van der Waals surface area (Å²) in [4.78, 5) is 38.5. The Morgan fingerprint density at radius 1 is 1.15 bits per heavy atom. The summed E-state index contributed by atoms with van der Waals surface area (Å²) in [5, 5.41) is 5.32. The number of piperidine rings is 1. The number of ether oxygens (including phenoxy) is 1. The predicted octanol–water partition coefficient (Wildman–Crippen LogP) is 1.52. The van der Waals surface area contributed by atoms with Crippen molar-refractivity contribution in [1.82, 2.24) is 14.7 Å². The molecule has 1 fully saturated rings. The summed E-state index contributed by atoms with van der Waals surface area (Å²) in [6, 6.07) is 7.02. The van der Waals surface area contributed by atoms with Crippen LogP contribution in [0.1, 0.15) is 26.0 Å². The Hall–Kier alpha value is -2.70. The van der Waals surface area contributed by atoms with Gasteiger partial charge in [0.1, 0.15) is 0 Å². The van der Waals surface area contributed by atoms with Gasteiger partial charge in [-0.1, -0.05) is 32.0 Å². The third-order valence-corrected chi connectivity index (χ3v) is 4.92. The molecule has 1 aromatic carbocycles. The van der Waals surface area contributed by atoms with E-state index in [1.54, 1.807) is 36.2 Å². The number of hydrogen-bond donors (Lipinski definition) is 0. The summed E-state index contributed by atoms with van der Waals surface area (Å²) >= 11 is 0. The van der Waals surface area contributed by atoms with Crippen LogP contribution in [-0.2, 0) is 27.8 Å². The zero-order valence-corrected chi connectivity index (χ0v) is 16.0. The second-order valence-corrected chi connectivity index (χ2v) is 7.50. The first-order valence-corrected chi connectivity index (χ1v) is 9.23. The zero-order valence-electron chi connectivity index (χ0n) is 16.0. The number of benzene rings is 1. The van der Waals surface area contributed by atoms with Crippen LogP contribution in [-0.4, -0.2) is 46.3 Å². The van der Waals surface area contributed by atoms with Crippen molar-refractivity contribution < 1.29 is 14.3 Å². The van der Waals surface area contributed by atoms with E-state index in [2.05, 4.69) is 18.9 Å². The number of rotatable bonds is 4. The van der Waals surface area contributed by atoms with Gasteiger partial charge < -0.3 is 9.64 Å². The fraction of sp³-hybridized carbons (Fsp3) is 0.500. The Balaban J connectivity index is 1.65. The molecule has 2 aromatic rings. The lowest BCUT2D eigenvalue weighted by Gasteiger charge is -2.34. The molecule has 1 aromatic heterocycles. The van der Waals surface area contributed by atoms with Crippen molar-refractivity contribution in [2.75, 3.05) is 19.7 Å². The van der Waals surface area contributed by atoms with Gasteiger partial charge in [0.25, 0.3) is 11.5 Å². The lowest BCUT2D eigenvalue weighted by atomic mass is 9.92. The standard InChI is InChI=1S/C20H25N3O4/c1-13-8-14(2)11-23(10-13)18(24)12-27-19(25)9-17-15-6-4-5-7-16(15)20(26)22(3)21-17/h4-7,13-14H,8-12H2,1-3H3/t13-,14-/m0/s1. The fourth-order valence-corrected chi connectivity index (χ4v) is 3.79. The van der Waals surface area contributed by atoms with Crippen molar-refractivity contribution in [2.24, 2.45) is 18.9 Å². The van der Waals surface area contributed by atoms with E-state index in [0.29, 0.717) is 41.4 Å². The average Bonchev–Trinajstić information content (AvgIpc) is 2.63. The number of amides is 1. The van der Waals surface area contributed by atoms with Gasteiger partial charge in [0.2, 0.25) is 0 Å². The summed E-state index contributed by atoms with van der Waals surface area (Å²) in [7, 11) is 1.55. The molecule has 7 heteroatoms. The summed E-state index contributed by atoms with van der Waals surface area (Å²) in [6.45, 7) is 5.39. The molecule has 0 bridgehead atoms. The molecule has 0 saturated carbocycles. The van der Waals surface area contributed by atoms with Crippen molar-refractivity contribution >= 4 is 22.6 Å². The first-order chi connectivity index (χ1) is 12.8. The lowest BCUT2D eigenvalue weighted by Crippen LogP contribution is -2.44. The van der Waals surface area contributed by atoms with Crippen molar-refractivity contribution in [3.63, 3.8) is 0 Å². The first kappa shape index (κ1) is 19.1. The van der Waals surface area contributed by atoms with E-state index < -0.39 is 5.97 Å². The molecule has 2 atom stereocenters. The third kappa shape index (κ3) is 4.35. The Labute approximate surface area is 157 Å². The van der Waals surface area contributed by atoms with Crippen LogP contribution in [0.15, 0.2) is 29.1 Å². The number of hydrogen-bond acceptors (Lipinski definition) is 5. The summed E-state index contributed by atoms with van der Waals surface area (Å²) in [5.74, 6) is 0.210. The van der Waals surface area contributed by atoms with E-state index in [9.17, 15) is 14.4 Å². The second-order valence-electron chi connectivity index (χ2n) is 7.50. The summed E-state index contributed by atoms with van der Waals surface area (Å²) < 4.78 is 6.41. The van der Waals surface area contributed by atoms with E-state index >= 15 is 0 Å². The van der Waals surface area contributed by atoms with Crippen LogP contribution in [0.4, 0.5) is 0 Å². The van der Waals surface area contributed by atoms with Gasteiger partial charge in [-0.25, -0.2) is 4.68 Å². The van der Waals surface area contributed by atoms with Crippen molar-refractivity contribution in [3.8, 4) is 0 Å². The summed E-state index contributed by atoms with van der Waals surface area (Å²) in [6.07, 6.45) is 1.02. The lowest BCUT2D eigenvalue weighted by molar-refractivity contribution is -0.152. The number of carbonyl (C=O) groups excluding carboxylic acids is 2. The molecular formula is C20H25N3O4. The highest BCUT2D eigenvalue weighted by Gasteiger charge is 2.26. The molecule has 0 spiro atoms. The molecule has 0 aliphatic carbocycles. The van der Waals surface area contributed by atoms with E-state index in [1.165, 1.54) is 4.68 Å². The third-order valence-electron chi connectivity index (χ3n) is 4.92. The molecule has 0 N–H and O–H groups in total. The molecule has 27 heavy (non-hydrogen) atoms. The van der Waals surface area contributed by atoms with E-state index in [4.69, 9.17) is 4.74 Å². The maximum Gasteiger partial charge on any atom is 0.312 e. The quantitative estimate of drug-likeness (QED) is 0.761. The van der Waals surface area contributed by atoms with E-state index in [1.807, 2.05) is 0 Å². The molecule has 1 amide bonds. The molecule has 2 heterocycles. The topological polar surface area (TPSA) is 81.5 Å². The zero-order chi connectivity index (χ0) is 19.6. The van der Waals surface area contributed by atoms with Crippen molar-refractivity contribution in [3.05, 3.63) is 40.3 Å². The maximum atomic E-state index is 12.3. The highest BCUT2D eigenvalue weighted by atomic mass is 16.5. The smallest absolute Gasteiger partial charge is 0.312 e. The highest BCUT2D eigenvalue weighted by molar-refractivity contribution is 5.87. The van der Waals surface area contributed by atoms with Crippen molar-refractivity contribution in [1.29, 1.82) is 0 Å². The average molecular weight is 371 g/mol. The number of aromatic nitrogens is 2. The number of carbonyl (C=O) groups is 2. The van der Waals surface area contributed by atoms with E-state index in [0.717, 1.165) is 6.42 Å². The van der Waals surface area contributed by atoms with Crippen LogP contribution in [0.5, 0.6) is 0 Å². The fourth-order valence-electron chi connectivity index (χ4n) is 3.79. The Morgan fingerprint density at radius 2 is 1.78 bits per heavy atom. The minimum atomic E-state index is -0.530. The van der Waals surface area contributed by atoms with Gasteiger partial charge in [0, 0.05) is 25.5 Å². The SMILES string of the molecule is C[C@H]1C[C@H](C)CN(C(=O)COC(=O)Cc2nn(C)c(=O)c3ccccc23)C1. The van der Waals surface area contributed by atoms with Crippen LogP contribution in [0, 0.1) is 11.8 Å². The molecule has 0 unspecified atom stereocenters. The molecule has 7 nitrogen and oxygen atoms in total. The number of nitrogens with zero attached hydrogens (tertiary/aromatic N) is 3. The van der Waals surface area contributed by atoms with Gasteiger partial charge in [0.05, 0.1) is 17.5 Å². The number of esters is 1. The molecule has 1 aliphatic heterocycles. The normalized spacial score (nSPS) is 19.9. The van der Waals surface area contributed by atoms with Crippen LogP contribution in [0.25, 0.3) is 10.8 Å². The minimum absolute atomic E-state index is 0.0886. The van der Waals surface area contributed by atoms with Gasteiger partial charge in [-0.15, -0.1) is 0 Å². The number of fused-ring (bicyclic) bond motifs is 1. The molecular weight excluding hydrogens is 346 g/mol. The Bertz CT molecular complexity index is 911. The molecule has 1 saturated heterocycles. The first-order valence-electron chi connectivity index (χ1n) is 9.23. The van der Waals surface area contributed by atoms with Gasteiger partial charge in [-0.2, -0.15) is 5.10 Å². The molecule has 1 aliphatic rings. The Morgan fingerprint density at radius 3 is 2.44 bits per heavy atom. The Kier molecular flexibility index (Phi) is 5.58. The maximum absolute atomic E-state index is 12.3. The van der Waals surface area contributed by atoms with Gasteiger partial charge in [0.15, 0.2) is 6.61 Å². The van der Waals surface area contributed by atoms with Crippen LogP contribution in [0.3, 0.4) is 0 Å². The van der Waals surface area contributed by atoms with Gasteiger partial charge in [-0.3, -0.25) is 14.4 Å². The summed E-state index contributed by atoms with van der Waals surface area (Å²) in [5.41, 5.74) is 0.247. The molecule has 144 valence electrons. The van der Waals surface area contributed by atoms with Crippen LogP contribution < -0.4 is 5.56 Å². The van der Waals surface area contributed by atoms with Crippen molar-refractivity contribution in [2.45, 2.75) is 26.7 Å². The highest BCUT2D eigenvalue weighted by Crippen LogP contribution is 2.21. The molecule has 3 rings (SSSR count). The van der Waals surface area contributed by atoms with Gasteiger partial charge in [-0.05, 0) is 24.3 Å². The van der Waals surface area contributed by atoms with Crippen LogP contribution in [0.2, 0.25) is 0 Å². The largest absolute Gasteiger partial charge is 0.455 e.